The van der Waals surface area contributed by atoms with Gasteiger partial charge in [-0.05, 0) is 37.5 Å². The summed E-state index contributed by atoms with van der Waals surface area (Å²) in [4.78, 5) is 28.7. The van der Waals surface area contributed by atoms with Gasteiger partial charge in [-0.15, -0.1) is 0 Å². The molecule has 0 spiro atoms. The number of rotatable bonds is 3. The number of carbonyl (C=O) groups excluding carboxylic acids is 2. The number of allylic oxidation sites excluding steroid dienone is 1. The van der Waals surface area contributed by atoms with E-state index in [0.717, 1.165) is 26.1 Å². The van der Waals surface area contributed by atoms with Gasteiger partial charge in [0.25, 0.3) is 0 Å². The molecule has 2 aliphatic heterocycles. The standard InChI is InChI=1S/C22H34N2O4/c1-4-27-21(26)24-10-8-23(9-11-24)14-17-16-12-18-15(2)6-5-7-22(18,3)13-19(16)28-20(17)25/h12,15-17,19H,4-11,13-14H2,1-3H3/t15-,16-,17-,19+,22-/m0/s1. The Morgan fingerprint density at radius 2 is 2.07 bits per heavy atom. The number of nitrogens with zero attached hydrogens (tertiary/aromatic N) is 2. The maximum atomic E-state index is 12.7. The molecule has 6 heteroatoms. The van der Waals surface area contributed by atoms with Crippen LogP contribution in [0.2, 0.25) is 0 Å². The van der Waals surface area contributed by atoms with E-state index >= 15 is 0 Å². The average molecular weight is 391 g/mol. The SMILES string of the molecule is CCOC(=O)N1CCN(C[C@@H]2C(=O)O[C@@H]3C[C@]4(C)CCC[C@H](C)C4=C[C@@H]23)CC1. The third-order valence-electron chi connectivity index (χ3n) is 7.43. The van der Waals surface area contributed by atoms with Crippen molar-refractivity contribution in [3.8, 4) is 0 Å². The van der Waals surface area contributed by atoms with Crippen LogP contribution in [0.25, 0.3) is 0 Å². The highest BCUT2D eigenvalue weighted by Gasteiger charge is 2.52. The van der Waals surface area contributed by atoms with E-state index in [2.05, 4.69) is 24.8 Å². The highest BCUT2D eigenvalue weighted by atomic mass is 16.6. The smallest absolute Gasteiger partial charge is 0.409 e. The van der Waals surface area contributed by atoms with E-state index in [4.69, 9.17) is 9.47 Å². The Balaban J connectivity index is 1.42. The number of piperazine rings is 1. The molecule has 0 aromatic carbocycles. The largest absolute Gasteiger partial charge is 0.461 e. The first-order valence-electron chi connectivity index (χ1n) is 11.0. The molecule has 6 nitrogen and oxygen atoms in total. The van der Waals surface area contributed by atoms with E-state index in [0.29, 0.717) is 25.6 Å². The molecule has 0 unspecified atom stereocenters. The van der Waals surface area contributed by atoms with Crippen LogP contribution in [0, 0.1) is 23.2 Å². The molecule has 4 rings (SSSR count). The van der Waals surface area contributed by atoms with Crippen LogP contribution < -0.4 is 0 Å². The first-order chi connectivity index (χ1) is 13.4. The van der Waals surface area contributed by atoms with Gasteiger partial charge >= 0.3 is 12.1 Å². The van der Waals surface area contributed by atoms with Gasteiger partial charge in [0.05, 0.1) is 12.5 Å². The van der Waals surface area contributed by atoms with E-state index in [9.17, 15) is 9.59 Å². The number of hydrogen-bond acceptors (Lipinski definition) is 5. The minimum Gasteiger partial charge on any atom is -0.461 e. The molecule has 2 aliphatic carbocycles. The van der Waals surface area contributed by atoms with Crippen molar-refractivity contribution in [1.82, 2.24) is 9.80 Å². The summed E-state index contributed by atoms with van der Waals surface area (Å²) in [5.41, 5.74) is 1.77. The highest BCUT2D eigenvalue weighted by molar-refractivity contribution is 5.76. The van der Waals surface area contributed by atoms with Gasteiger partial charge in [-0.25, -0.2) is 4.79 Å². The summed E-state index contributed by atoms with van der Waals surface area (Å²) >= 11 is 0. The summed E-state index contributed by atoms with van der Waals surface area (Å²) in [6, 6.07) is 0. The summed E-state index contributed by atoms with van der Waals surface area (Å²) in [5, 5.41) is 0. The zero-order chi connectivity index (χ0) is 19.9. The van der Waals surface area contributed by atoms with E-state index < -0.39 is 0 Å². The number of esters is 1. The van der Waals surface area contributed by atoms with Crippen molar-refractivity contribution >= 4 is 12.1 Å². The van der Waals surface area contributed by atoms with Gasteiger partial charge in [-0.3, -0.25) is 9.69 Å². The molecule has 0 radical (unpaired) electrons. The third kappa shape index (κ3) is 3.56. The van der Waals surface area contributed by atoms with Gasteiger partial charge < -0.3 is 14.4 Å². The topological polar surface area (TPSA) is 59.1 Å². The summed E-state index contributed by atoms with van der Waals surface area (Å²) in [6.07, 6.45) is 6.95. The molecule has 1 saturated carbocycles. The first-order valence-corrected chi connectivity index (χ1v) is 11.0. The molecule has 1 amide bonds. The van der Waals surface area contributed by atoms with Crippen molar-refractivity contribution in [2.24, 2.45) is 23.2 Å². The van der Waals surface area contributed by atoms with Crippen LogP contribution in [-0.4, -0.2) is 67.3 Å². The zero-order valence-corrected chi connectivity index (χ0v) is 17.5. The number of fused-ring (bicyclic) bond motifs is 2. The number of ether oxygens (including phenoxy) is 2. The second-order valence-corrected chi connectivity index (χ2v) is 9.33. The van der Waals surface area contributed by atoms with E-state index in [1.54, 1.807) is 10.5 Å². The second-order valence-electron chi connectivity index (χ2n) is 9.33. The van der Waals surface area contributed by atoms with Crippen molar-refractivity contribution < 1.29 is 19.1 Å². The molecular formula is C22H34N2O4. The van der Waals surface area contributed by atoms with Gasteiger partial charge in [0.15, 0.2) is 0 Å². The van der Waals surface area contributed by atoms with Crippen molar-refractivity contribution in [2.45, 2.75) is 52.6 Å². The minimum absolute atomic E-state index is 0.0328. The van der Waals surface area contributed by atoms with Crippen molar-refractivity contribution in [2.75, 3.05) is 39.3 Å². The van der Waals surface area contributed by atoms with Crippen LogP contribution in [0.1, 0.15) is 46.5 Å². The lowest BCUT2D eigenvalue weighted by Crippen LogP contribution is -2.50. The summed E-state index contributed by atoms with van der Waals surface area (Å²) in [6.45, 7) is 10.5. The van der Waals surface area contributed by atoms with Crippen LogP contribution in [-0.2, 0) is 14.3 Å². The Bertz CT molecular complexity index is 655. The average Bonchev–Trinajstić information content (AvgIpc) is 2.95. The molecule has 156 valence electrons. The summed E-state index contributed by atoms with van der Waals surface area (Å²) < 4.78 is 11.0. The molecule has 4 aliphatic rings. The molecule has 28 heavy (non-hydrogen) atoms. The number of hydrogen-bond donors (Lipinski definition) is 0. The van der Waals surface area contributed by atoms with Crippen LogP contribution in [0.15, 0.2) is 11.6 Å². The van der Waals surface area contributed by atoms with Crippen molar-refractivity contribution in [3.63, 3.8) is 0 Å². The Hall–Kier alpha value is -1.56. The highest BCUT2D eigenvalue weighted by Crippen LogP contribution is 2.53. The molecule has 2 saturated heterocycles. The first kappa shape index (κ1) is 19.7. The van der Waals surface area contributed by atoms with Gasteiger partial charge in [0, 0.05) is 38.6 Å². The van der Waals surface area contributed by atoms with Gasteiger partial charge in [0.2, 0.25) is 0 Å². The Morgan fingerprint density at radius 3 is 2.79 bits per heavy atom. The van der Waals surface area contributed by atoms with Crippen LogP contribution >= 0.6 is 0 Å². The second kappa shape index (κ2) is 7.69. The predicted octanol–water partition coefficient (Wildman–Crippen LogP) is 3.07. The molecule has 0 bridgehead atoms. The van der Waals surface area contributed by atoms with Gasteiger partial charge in [-0.1, -0.05) is 31.9 Å². The fourth-order valence-corrected chi connectivity index (χ4v) is 5.86. The maximum Gasteiger partial charge on any atom is 0.409 e. The maximum absolute atomic E-state index is 12.7. The van der Waals surface area contributed by atoms with Crippen LogP contribution in [0.4, 0.5) is 4.79 Å². The lowest BCUT2D eigenvalue weighted by molar-refractivity contribution is -0.145. The third-order valence-corrected chi connectivity index (χ3v) is 7.43. The molecule has 5 atom stereocenters. The zero-order valence-electron chi connectivity index (χ0n) is 17.5. The normalized spacial score (nSPS) is 38.3. The Kier molecular flexibility index (Phi) is 5.43. The monoisotopic (exact) mass is 390 g/mol. The molecule has 0 aromatic rings. The fraction of sp³-hybridized carbons (Fsp3) is 0.818. The minimum atomic E-state index is -0.231. The molecule has 0 N–H and O–H groups in total. The number of carbonyl (C=O) groups is 2. The van der Waals surface area contributed by atoms with E-state index in [1.807, 2.05) is 6.92 Å². The lowest BCUT2D eigenvalue weighted by Gasteiger charge is -2.46. The summed E-state index contributed by atoms with van der Waals surface area (Å²) in [7, 11) is 0. The Labute approximate surface area is 168 Å². The number of amides is 1. The quantitative estimate of drug-likeness (QED) is 0.547. The van der Waals surface area contributed by atoms with Crippen molar-refractivity contribution in [3.05, 3.63) is 11.6 Å². The Morgan fingerprint density at radius 1 is 1.32 bits per heavy atom. The molecule has 2 heterocycles. The van der Waals surface area contributed by atoms with Crippen LogP contribution in [0.3, 0.4) is 0 Å². The predicted molar refractivity (Wildman–Crippen MR) is 106 cm³/mol. The van der Waals surface area contributed by atoms with Gasteiger partial charge in [-0.2, -0.15) is 0 Å². The van der Waals surface area contributed by atoms with Crippen LogP contribution in [0.5, 0.6) is 0 Å². The summed E-state index contributed by atoms with van der Waals surface area (Å²) in [5.74, 6) is 0.711. The van der Waals surface area contributed by atoms with E-state index in [1.165, 1.54) is 19.3 Å². The van der Waals surface area contributed by atoms with E-state index in [-0.39, 0.29) is 35.4 Å². The fourth-order valence-electron chi connectivity index (χ4n) is 5.86. The molecular weight excluding hydrogens is 356 g/mol. The van der Waals surface area contributed by atoms with Gasteiger partial charge in [0.1, 0.15) is 6.10 Å². The molecule has 3 fully saturated rings. The lowest BCUT2D eigenvalue weighted by atomic mass is 9.59. The van der Waals surface area contributed by atoms with Crippen molar-refractivity contribution in [1.29, 1.82) is 0 Å². The molecule has 0 aromatic heterocycles.